The summed E-state index contributed by atoms with van der Waals surface area (Å²) in [6.07, 6.45) is 4.38. The van der Waals surface area contributed by atoms with Crippen molar-refractivity contribution >= 4 is 40.9 Å². The molecule has 0 saturated carbocycles. The van der Waals surface area contributed by atoms with Crippen LogP contribution >= 0.6 is 11.6 Å². The molecule has 1 heterocycles. The number of hydrogen-bond acceptors (Lipinski definition) is 5. The van der Waals surface area contributed by atoms with Gasteiger partial charge in [0.1, 0.15) is 11.5 Å². The Labute approximate surface area is 178 Å². The number of hydrogen-bond donors (Lipinski definition) is 2. The highest BCUT2D eigenvalue weighted by Gasteiger charge is 2.13. The largest absolute Gasteiger partial charge is 0.497 e. The maximum atomic E-state index is 12.4. The van der Waals surface area contributed by atoms with Crippen LogP contribution in [0.5, 0.6) is 11.5 Å². The molecule has 0 radical (unpaired) electrons. The first-order chi connectivity index (χ1) is 14.5. The van der Waals surface area contributed by atoms with Crippen LogP contribution in [0.3, 0.4) is 0 Å². The molecule has 3 aromatic rings. The Kier molecular flexibility index (Phi) is 6.77. The van der Waals surface area contributed by atoms with E-state index in [0.717, 1.165) is 5.56 Å². The molecule has 0 atom stereocenters. The summed E-state index contributed by atoms with van der Waals surface area (Å²) >= 11 is 6.03. The summed E-state index contributed by atoms with van der Waals surface area (Å²) in [6, 6.07) is 13.1. The lowest BCUT2D eigenvalue weighted by atomic mass is 10.2. The van der Waals surface area contributed by atoms with Crippen LogP contribution in [0.15, 0.2) is 65.3 Å². The number of methoxy groups -OCH3 is 2. The number of anilines is 2. The van der Waals surface area contributed by atoms with Gasteiger partial charge in [-0.25, -0.2) is 0 Å². The summed E-state index contributed by atoms with van der Waals surface area (Å²) in [6.45, 7) is 0. The van der Waals surface area contributed by atoms with Crippen LogP contribution in [0.2, 0.25) is 5.02 Å². The Morgan fingerprint density at radius 3 is 2.33 bits per heavy atom. The SMILES string of the molecule is COc1cc(/C=C/C(=O)Nc2ccc(Cl)cc2NC(=O)c2ccco2)cc(OC)c1. The molecule has 0 fully saturated rings. The molecule has 0 unspecified atom stereocenters. The summed E-state index contributed by atoms with van der Waals surface area (Å²) < 4.78 is 15.5. The first-order valence-corrected chi connectivity index (χ1v) is 9.23. The van der Waals surface area contributed by atoms with Gasteiger partial charge >= 0.3 is 0 Å². The number of furan rings is 1. The highest BCUT2D eigenvalue weighted by Crippen LogP contribution is 2.27. The van der Waals surface area contributed by atoms with E-state index < -0.39 is 11.8 Å². The molecule has 2 N–H and O–H groups in total. The third-order valence-electron chi connectivity index (χ3n) is 4.03. The molecule has 0 aliphatic rings. The number of carbonyl (C=O) groups is 2. The molecule has 8 heteroatoms. The second-order valence-corrected chi connectivity index (χ2v) is 6.53. The van der Waals surface area contributed by atoms with E-state index in [0.29, 0.717) is 27.9 Å². The summed E-state index contributed by atoms with van der Waals surface area (Å²) in [5.74, 6) is 0.494. The Bertz CT molecular complexity index is 1050. The molecule has 0 aliphatic heterocycles. The fourth-order valence-electron chi connectivity index (χ4n) is 2.59. The van der Waals surface area contributed by atoms with Crippen molar-refractivity contribution in [3.63, 3.8) is 0 Å². The monoisotopic (exact) mass is 426 g/mol. The van der Waals surface area contributed by atoms with Gasteiger partial charge in [0.05, 0.1) is 31.9 Å². The molecule has 0 saturated heterocycles. The fraction of sp³-hybridized carbons (Fsp3) is 0.0909. The standard InChI is InChI=1S/C22H19ClN2O5/c1-28-16-10-14(11-17(13-16)29-2)5-8-21(26)24-18-7-6-15(23)12-19(18)25-22(27)20-4-3-9-30-20/h3-13H,1-2H3,(H,24,26)(H,25,27)/b8-5+. The van der Waals surface area contributed by atoms with Crippen LogP contribution < -0.4 is 20.1 Å². The minimum Gasteiger partial charge on any atom is -0.497 e. The number of halogens is 1. The Morgan fingerprint density at radius 2 is 1.70 bits per heavy atom. The Hall–Kier alpha value is -3.71. The van der Waals surface area contributed by atoms with Gasteiger partial charge in [0.25, 0.3) is 5.91 Å². The second kappa shape index (κ2) is 9.67. The number of benzene rings is 2. The topological polar surface area (TPSA) is 89.8 Å². The van der Waals surface area contributed by atoms with E-state index in [9.17, 15) is 9.59 Å². The first kappa shape index (κ1) is 21.0. The molecule has 0 bridgehead atoms. The third-order valence-corrected chi connectivity index (χ3v) is 4.27. The van der Waals surface area contributed by atoms with Crippen molar-refractivity contribution in [2.45, 2.75) is 0 Å². The van der Waals surface area contributed by atoms with Gasteiger partial charge in [-0.3, -0.25) is 9.59 Å². The van der Waals surface area contributed by atoms with Gasteiger partial charge in [0.15, 0.2) is 5.76 Å². The molecule has 0 aliphatic carbocycles. The average Bonchev–Trinajstić information content (AvgIpc) is 3.29. The molecule has 2 aromatic carbocycles. The maximum absolute atomic E-state index is 12.4. The summed E-state index contributed by atoms with van der Waals surface area (Å²) in [4.78, 5) is 24.7. The molecular weight excluding hydrogens is 408 g/mol. The van der Waals surface area contributed by atoms with Crippen molar-refractivity contribution in [3.05, 3.63) is 77.2 Å². The van der Waals surface area contributed by atoms with E-state index in [1.165, 1.54) is 24.5 Å². The number of ether oxygens (including phenoxy) is 2. The lowest BCUT2D eigenvalue weighted by Crippen LogP contribution is -2.15. The quantitative estimate of drug-likeness (QED) is 0.527. The molecular formula is C22H19ClN2O5. The summed E-state index contributed by atoms with van der Waals surface area (Å²) in [5, 5.41) is 5.80. The molecule has 7 nitrogen and oxygen atoms in total. The summed E-state index contributed by atoms with van der Waals surface area (Å²) in [5.41, 5.74) is 1.45. The number of rotatable bonds is 7. The second-order valence-electron chi connectivity index (χ2n) is 6.09. The molecule has 1 aromatic heterocycles. The molecule has 0 spiro atoms. The zero-order chi connectivity index (χ0) is 21.5. The van der Waals surface area contributed by atoms with Crippen molar-refractivity contribution < 1.29 is 23.5 Å². The van der Waals surface area contributed by atoms with Crippen molar-refractivity contribution in [1.82, 2.24) is 0 Å². The van der Waals surface area contributed by atoms with E-state index in [4.69, 9.17) is 25.5 Å². The highest BCUT2D eigenvalue weighted by atomic mass is 35.5. The minimum absolute atomic E-state index is 0.138. The van der Waals surface area contributed by atoms with E-state index in [1.807, 2.05) is 0 Å². The van der Waals surface area contributed by atoms with Gasteiger partial charge < -0.3 is 24.5 Å². The third kappa shape index (κ3) is 5.42. The lowest BCUT2D eigenvalue weighted by Gasteiger charge is -2.11. The van der Waals surface area contributed by atoms with E-state index >= 15 is 0 Å². The van der Waals surface area contributed by atoms with Crippen molar-refractivity contribution in [2.24, 2.45) is 0 Å². The normalized spacial score (nSPS) is 10.6. The van der Waals surface area contributed by atoms with Crippen LogP contribution in [0.25, 0.3) is 6.08 Å². The Balaban J connectivity index is 1.75. The van der Waals surface area contributed by atoms with Crippen LogP contribution in [-0.4, -0.2) is 26.0 Å². The molecule has 154 valence electrons. The predicted octanol–water partition coefficient (Wildman–Crippen LogP) is 4.85. The Morgan fingerprint density at radius 1 is 0.967 bits per heavy atom. The van der Waals surface area contributed by atoms with E-state index in [-0.39, 0.29) is 5.76 Å². The van der Waals surface area contributed by atoms with Gasteiger partial charge in [-0.05, 0) is 54.1 Å². The maximum Gasteiger partial charge on any atom is 0.291 e. The zero-order valence-corrected chi connectivity index (χ0v) is 17.0. The van der Waals surface area contributed by atoms with Gasteiger partial charge in [0.2, 0.25) is 5.91 Å². The predicted molar refractivity (Wildman–Crippen MR) is 115 cm³/mol. The van der Waals surface area contributed by atoms with Gasteiger partial charge in [-0.2, -0.15) is 0 Å². The van der Waals surface area contributed by atoms with Crippen LogP contribution in [0.4, 0.5) is 11.4 Å². The van der Waals surface area contributed by atoms with Gasteiger partial charge in [-0.1, -0.05) is 11.6 Å². The minimum atomic E-state index is -0.461. The van der Waals surface area contributed by atoms with Crippen LogP contribution in [0, 0.1) is 0 Å². The van der Waals surface area contributed by atoms with Crippen LogP contribution in [-0.2, 0) is 4.79 Å². The molecule has 3 rings (SSSR count). The fourth-order valence-corrected chi connectivity index (χ4v) is 2.76. The number of amides is 2. The first-order valence-electron chi connectivity index (χ1n) is 8.85. The van der Waals surface area contributed by atoms with Gasteiger partial charge in [-0.15, -0.1) is 0 Å². The highest BCUT2D eigenvalue weighted by molar-refractivity contribution is 6.31. The average molecular weight is 427 g/mol. The van der Waals surface area contributed by atoms with Crippen molar-refractivity contribution in [1.29, 1.82) is 0 Å². The van der Waals surface area contributed by atoms with Crippen molar-refractivity contribution in [3.8, 4) is 11.5 Å². The van der Waals surface area contributed by atoms with Crippen LogP contribution in [0.1, 0.15) is 16.1 Å². The lowest BCUT2D eigenvalue weighted by molar-refractivity contribution is -0.111. The van der Waals surface area contributed by atoms with E-state index in [1.54, 1.807) is 56.7 Å². The number of carbonyl (C=O) groups excluding carboxylic acids is 2. The summed E-state index contributed by atoms with van der Waals surface area (Å²) in [7, 11) is 3.10. The van der Waals surface area contributed by atoms with Crippen molar-refractivity contribution in [2.75, 3.05) is 24.9 Å². The zero-order valence-electron chi connectivity index (χ0n) is 16.3. The van der Waals surface area contributed by atoms with E-state index in [2.05, 4.69) is 10.6 Å². The number of nitrogens with one attached hydrogen (secondary N) is 2. The molecule has 2 amide bonds. The van der Waals surface area contributed by atoms with Gasteiger partial charge in [0, 0.05) is 17.2 Å². The molecule has 30 heavy (non-hydrogen) atoms. The smallest absolute Gasteiger partial charge is 0.291 e.